The summed E-state index contributed by atoms with van der Waals surface area (Å²) in [6.45, 7) is 5.69. The molecule has 5 heteroatoms. The van der Waals surface area contributed by atoms with Gasteiger partial charge >= 0.3 is 0 Å². The van der Waals surface area contributed by atoms with Gasteiger partial charge in [0.25, 0.3) is 0 Å². The van der Waals surface area contributed by atoms with Gasteiger partial charge in [-0.1, -0.05) is 19.9 Å². The minimum absolute atomic E-state index is 0.0416. The smallest absolute Gasteiger partial charge is 0.161 e. The minimum atomic E-state index is -0.840. The third-order valence-corrected chi connectivity index (χ3v) is 5.95. The molecule has 0 aliphatic carbocycles. The van der Waals surface area contributed by atoms with Gasteiger partial charge in [-0.15, -0.1) is 0 Å². The number of H-pyrrole nitrogens is 1. The molecule has 4 nitrogen and oxygen atoms in total. The number of benzene rings is 2. The van der Waals surface area contributed by atoms with Crippen molar-refractivity contribution in [2.75, 3.05) is 27.3 Å². The number of piperidine rings is 1. The van der Waals surface area contributed by atoms with Crippen molar-refractivity contribution in [3.05, 3.63) is 47.5 Å². The van der Waals surface area contributed by atoms with Crippen LogP contribution < -0.4 is 14.8 Å². The molecule has 1 saturated heterocycles. The van der Waals surface area contributed by atoms with Gasteiger partial charge in [-0.2, -0.15) is 0 Å². The summed E-state index contributed by atoms with van der Waals surface area (Å²) >= 11 is 0. The Balaban J connectivity index is 1.84. The largest absolute Gasteiger partial charge is 0.493 e. The van der Waals surface area contributed by atoms with Gasteiger partial charge in [0.1, 0.15) is 6.17 Å². The van der Waals surface area contributed by atoms with Gasteiger partial charge in [0.2, 0.25) is 0 Å². The Labute approximate surface area is 171 Å². The number of hydrogen-bond donors (Lipinski definition) is 2. The summed E-state index contributed by atoms with van der Waals surface area (Å²) in [6, 6.07) is 12.3. The van der Waals surface area contributed by atoms with Gasteiger partial charge < -0.3 is 19.8 Å². The highest BCUT2D eigenvalue weighted by Crippen LogP contribution is 2.40. The van der Waals surface area contributed by atoms with Crippen LogP contribution in [0.25, 0.3) is 22.2 Å². The van der Waals surface area contributed by atoms with Crippen LogP contribution in [0.5, 0.6) is 11.5 Å². The van der Waals surface area contributed by atoms with E-state index in [9.17, 15) is 4.39 Å². The predicted molar refractivity (Wildman–Crippen MR) is 116 cm³/mol. The van der Waals surface area contributed by atoms with E-state index in [1.807, 2.05) is 18.2 Å². The fraction of sp³-hybridized carbons (Fsp3) is 0.417. The Bertz CT molecular complexity index is 1010. The Kier molecular flexibility index (Phi) is 5.50. The lowest BCUT2D eigenvalue weighted by Gasteiger charge is -2.27. The first kappa shape index (κ1) is 19.8. The monoisotopic (exact) mass is 396 g/mol. The lowest BCUT2D eigenvalue weighted by molar-refractivity contribution is 0.231. The molecule has 0 saturated carbocycles. The van der Waals surface area contributed by atoms with Gasteiger partial charge in [0.05, 0.1) is 19.9 Å². The van der Waals surface area contributed by atoms with Gasteiger partial charge in [0.15, 0.2) is 11.5 Å². The zero-order valence-corrected chi connectivity index (χ0v) is 17.5. The number of fused-ring (bicyclic) bond motifs is 1. The number of alkyl halides is 1. The van der Waals surface area contributed by atoms with E-state index in [4.69, 9.17) is 9.47 Å². The van der Waals surface area contributed by atoms with Crippen LogP contribution >= 0.6 is 0 Å². The Morgan fingerprint density at radius 3 is 2.52 bits per heavy atom. The number of hydrogen-bond acceptors (Lipinski definition) is 3. The van der Waals surface area contributed by atoms with Crippen LogP contribution in [-0.2, 0) is 0 Å². The number of rotatable bonds is 5. The van der Waals surface area contributed by atoms with Crippen LogP contribution in [0.1, 0.15) is 43.2 Å². The first-order valence-corrected chi connectivity index (χ1v) is 10.3. The average molecular weight is 397 g/mol. The van der Waals surface area contributed by atoms with Gasteiger partial charge in [-0.25, -0.2) is 4.39 Å². The Hall–Kier alpha value is -2.53. The number of halogens is 1. The summed E-state index contributed by atoms with van der Waals surface area (Å²) in [7, 11) is 3.29. The van der Waals surface area contributed by atoms with E-state index in [-0.39, 0.29) is 5.92 Å². The molecule has 2 heterocycles. The van der Waals surface area contributed by atoms with E-state index >= 15 is 0 Å². The van der Waals surface area contributed by atoms with Crippen molar-refractivity contribution in [3.8, 4) is 22.8 Å². The van der Waals surface area contributed by atoms with E-state index in [1.54, 1.807) is 14.2 Å². The molecule has 2 atom stereocenters. The average Bonchev–Trinajstić information content (AvgIpc) is 3.12. The summed E-state index contributed by atoms with van der Waals surface area (Å²) in [5.74, 6) is 1.69. The third kappa shape index (κ3) is 3.60. The second kappa shape index (κ2) is 8.07. The summed E-state index contributed by atoms with van der Waals surface area (Å²) in [5, 5.41) is 4.32. The molecular formula is C24H29FN2O2. The maximum atomic E-state index is 14.5. The van der Waals surface area contributed by atoms with Crippen molar-refractivity contribution in [3.63, 3.8) is 0 Å². The van der Waals surface area contributed by atoms with Gasteiger partial charge in [0, 0.05) is 28.9 Å². The molecular weight excluding hydrogens is 367 g/mol. The second-order valence-corrected chi connectivity index (χ2v) is 8.06. The molecule has 4 rings (SSSR count). The number of nitrogens with one attached hydrogen (secondary N) is 2. The van der Waals surface area contributed by atoms with Crippen molar-refractivity contribution >= 4 is 10.9 Å². The molecule has 3 aromatic rings. The first-order valence-electron chi connectivity index (χ1n) is 10.3. The van der Waals surface area contributed by atoms with Gasteiger partial charge in [-0.3, -0.25) is 0 Å². The van der Waals surface area contributed by atoms with Crippen LogP contribution in [0.3, 0.4) is 0 Å². The molecule has 1 aliphatic rings. The summed E-state index contributed by atoms with van der Waals surface area (Å²) < 4.78 is 25.4. The van der Waals surface area contributed by atoms with Crippen LogP contribution in [0.4, 0.5) is 4.39 Å². The molecule has 0 spiro atoms. The van der Waals surface area contributed by atoms with Crippen LogP contribution in [0, 0.1) is 0 Å². The maximum absolute atomic E-state index is 14.5. The van der Waals surface area contributed by atoms with E-state index in [1.165, 1.54) is 10.9 Å². The first-order chi connectivity index (χ1) is 14.0. The Morgan fingerprint density at radius 2 is 1.83 bits per heavy atom. The molecule has 2 unspecified atom stereocenters. The zero-order chi connectivity index (χ0) is 20.5. The van der Waals surface area contributed by atoms with Crippen LogP contribution in [-0.4, -0.2) is 38.5 Å². The topological polar surface area (TPSA) is 46.3 Å². The molecule has 2 aromatic carbocycles. The third-order valence-electron chi connectivity index (χ3n) is 5.95. The lowest BCUT2D eigenvalue weighted by Crippen LogP contribution is -2.36. The highest BCUT2D eigenvalue weighted by Gasteiger charge is 2.27. The molecule has 154 valence electrons. The highest BCUT2D eigenvalue weighted by atomic mass is 19.1. The summed E-state index contributed by atoms with van der Waals surface area (Å²) in [4.78, 5) is 3.59. The molecule has 1 aromatic heterocycles. The molecule has 29 heavy (non-hydrogen) atoms. The molecule has 1 fully saturated rings. The SMILES string of the molecule is COc1ccc(-c2[nH]c3ccc(C4CCNCC4F)cc3c2C(C)C)cc1OC. The lowest BCUT2D eigenvalue weighted by atomic mass is 9.87. The van der Waals surface area contributed by atoms with E-state index in [2.05, 4.69) is 42.3 Å². The van der Waals surface area contributed by atoms with Crippen LogP contribution in [0.2, 0.25) is 0 Å². The Morgan fingerprint density at radius 1 is 1.03 bits per heavy atom. The van der Waals surface area contributed by atoms with Crippen molar-refractivity contribution in [1.82, 2.24) is 10.3 Å². The molecule has 0 amide bonds. The molecule has 0 bridgehead atoms. The van der Waals surface area contributed by atoms with E-state index in [0.29, 0.717) is 24.0 Å². The molecule has 0 radical (unpaired) electrons. The number of aromatic nitrogens is 1. The van der Waals surface area contributed by atoms with E-state index < -0.39 is 6.17 Å². The van der Waals surface area contributed by atoms with Crippen molar-refractivity contribution in [2.24, 2.45) is 0 Å². The number of aromatic amines is 1. The second-order valence-electron chi connectivity index (χ2n) is 8.06. The maximum Gasteiger partial charge on any atom is 0.161 e. The van der Waals surface area contributed by atoms with Crippen molar-refractivity contribution < 1.29 is 13.9 Å². The fourth-order valence-corrected chi connectivity index (χ4v) is 4.48. The molecule has 2 N–H and O–H groups in total. The van der Waals surface area contributed by atoms with Crippen LogP contribution in [0.15, 0.2) is 36.4 Å². The predicted octanol–water partition coefficient (Wildman–Crippen LogP) is 5.39. The van der Waals surface area contributed by atoms with E-state index in [0.717, 1.165) is 35.3 Å². The van der Waals surface area contributed by atoms with Crippen molar-refractivity contribution in [1.29, 1.82) is 0 Å². The quantitative estimate of drug-likeness (QED) is 0.608. The van der Waals surface area contributed by atoms with Gasteiger partial charge in [-0.05, 0) is 60.3 Å². The van der Waals surface area contributed by atoms with Crippen molar-refractivity contribution in [2.45, 2.75) is 38.3 Å². The fourth-order valence-electron chi connectivity index (χ4n) is 4.48. The molecule has 1 aliphatic heterocycles. The highest BCUT2D eigenvalue weighted by molar-refractivity contribution is 5.92. The normalized spacial score (nSPS) is 19.7. The standard InChI is InChI=1S/C24H29FN2O2/c1-14(2)23-18-11-15(17-9-10-26-13-19(17)25)5-7-20(18)27-24(23)16-6-8-21(28-3)22(12-16)29-4/h5-8,11-12,14,17,19,26-27H,9-10,13H2,1-4H3. The summed E-state index contributed by atoms with van der Waals surface area (Å²) in [5.41, 5.74) is 5.54. The minimum Gasteiger partial charge on any atom is -0.493 e. The number of methoxy groups -OCH3 is 2. The number of ether oxygens (including phenoxy) is 2. The zero-order valence-electron chi connectivity index (χ0n) is 17.5. The summed E-state index contributed by atoms with van der Waals surface area (Å²) in [6.07, 6.45) is -0.00985.